The third-order valence-electron chi connectivity index (χ3n) is 1.81. The maximum Gasteiger partial charge on any atom is 0.231 e. The van der Waals surface area contributed by atoms with Crippen LogP contribution in [0.2, 0.25) is 0 Å². The highest BCUT2D eigenvalue weighted by molar-refractivity contribution is 5.55. The van der Waals surface area contributed by atoms with Crippen molar-refractivity contribution in [3.05, 3.63) is 23.3 Å². The Bertz CT molecular complexity index is 384. The number of nitrogens with zero attached hydrogens (tertiary/aromatic N) is 1. The molecule has 3 nitrogen and oxygen atoms in total. The van der Waals surface area contributed by atoms with Crippen LogP contribution in [-0.2, 0) is 6.67 Å². The quantitative estimate of drug-likeness (QED) is 0.659. The molecule has 1 aromatic rings. The van der Waals surface area contributed by atoms with E-state index in [2.05, 4.69) is 0 Å². The molecule has 4 heteroatoms. The van der Waals surface area contributed by atoms with Gasteiger partial charge in [0, 0.05) is 0 Å². The molecule has 0 aromatic heterocycles. The van der Waals surface area contributed by atoms with Gasteiger partial charge in [0.05, 0.1) is 5.56 Å². The molecule has 0 bridgehead atoms. The van der Waals surface area contributed by atoms with Crippen molar-refractivity contribution in [1.82, 2.24) is 0 Å². The third-order valence-corrected chi connectivity index (χ3v) is 1.81. The number of benzene rings is 1. The van der Waals surface area contributed by atoms with Gasteiger partial charge in [0.1, 0.15) is 12.7 Å². The molecule has 1 aromatic carbocycles. The second-order valence-corrected chi connectivity index (χ2v) is 2.62. The molecular weight excluding hydrogens is 173 g/mol. The van der Waals surface area contributed by atoms with Gasteiger partial charge < -0.3 is 9.47 Å². The van der Waals surface area contributed by atoms with Gasteiger partial charge >= 0.3 is 0 Å². The van der Waals surface area contributed by atoms with Crippen molar-refractivity contribution in [2.24, 2.45) is 0 Å². The average molecular weight is 179 g/mol. The average Bonchev–Trinajstić information content (AvgIpc) is 2.63. The van der Waals surface area contributed by atoms with E-state index in [1.54, 1.807) is 6.07 Å². The molecule has 0 aliphatic carbocycles. The molecule has 2 rings (SSSR count). The minimum atomic E-state index is -0.606. The number of fused-ring (bicyclic) bond motifs is 1. The van der Waals surface area contributed by atoms with Crippen LogP contribution in [0.5, 0.6) is 11.5 Å². The fraction of sp³-hybridized carbons (Fsp3) is 0.222. The molecule has 0 saturated heterocycles. The molecule has 0 atom stereocenters. The van der Waals surface area contributed by atoms with Crippen LogP contribution in [0.1, 0.15) is 11.1 Å². The topological polar surface area (TPSA) is 42.2 Å². The Morgan fingerprint density at radius 3 is 3.00 bits per heavy atom. The summed E-state index contributed by atoms with van der Waals surface area (Å²) < 4.78 is 22.4. The van der Waals surface area contributed by atoms with Gasteiger partial charge in [0.2, 0.25) is 6.79 Å². The van der Waals surface area contributed by atoms with Crippen molar-refractivity contribution >= 4 is 0 Å². The number of hydrogen-bond acceptors (Lipinski definition) is 3. The second kappa shape index (κ2) is 2.94. The Morgan fingerprint density at radius 1 is 1.46 bits per heavy atom. The van der Waals surface area contributed by atoms with Crippen LogP contribution in [0.15, 0.2) is 12.1 Å². The summed E-state index contributed by atoms with van der Waals surface area (Å²) in [5, 5.41) is 8.71. The van der Waals surface area contributed by atoms with Crippen molar-refractivity contribution < 1.29 is 13.9 Å². The number of hydrogen-bond donors (Lipinski definition) is 0. The standard InChI is InChI=1S/C9H6FNO2/c10-3-6-1-7(4-11)9-8(2-6)12-5-13-9/h1-2H,3,5H2. The van der Waals surface area contributed by atoms with E-state index in [0.717, 1.165) is 0 Å². The summed E-state index contributed by atoms with van der Waals surface area (Å²) in [6.45, 7) is -0.509. The lowest BCUT2D eigenvalue weighted by atomic mass is 10.1. The summed E-state index contributed by atoms with van der Waals surface area (Å²) in [6, 6.07) is 4.94. The first-order chi connectivity index (χ1) is 6.35. The smallest absolute Gasteiger partial charge is 0.231 e. The van der Waals surface area contributed by atoms with E-state index >= 15 is 0 Å². The molecule has 66 valence electrons. The van der Waals surface area contributed by atoms with Crippen LogP contribution in [-0.4, -0.2) is 6.79 Å². The van der Waals surface area contributed by atoms with Gasteiger partial charge in [0.15, 0.2) is 11.5 Å². The first kappa shape index (κ1) is 7.87. The number of rotatable bonds is 1. The predicted octanol–water partition coefficient (Wildman–Crippen LogP) is 1.76. The van der Waals surface area contributed by atoms with E-state index in [4.69, 9.17) is 14.7 Å². The largest absolute Gasteiger partial charge is 0.454 e. The van der Waals surface area contributed by atoms with Crippen LogP contribution in [0.25, 0.3) is 0 Å². The molecular formula is C9H6FNO2. The van der Waals surface area contributed by atoms with Gasteiger partial charge in [-0.05, 0) is 17.7 Å². The number of ether oxygens (including phenoxy) is 2. The predicted molar refractivity (Wildman–Crippen MR) is 42.1 cm³/mol. The molecule has 0 spiro atoms. The number of halogens is 1. The first-order valence-corrected chi connectivity index (χ1v) is 3.73. The highest BCUT2D eigenvalue weighted by Crippen LogP contribution is 2.36. The zero-order chi connectivity index (χ0) is 9.26. The Labute approximate surface area is 74.3 Å². The molecule has 1 aliphatic heterocycles. The summed E-state index contributed by atoms with van der Waals surface area (Å²) >= 11 is 0. The van der Waals surface area contributed by atoms with Gasteiger partial charge in [-0.25, -0.2) is 4.39 Å². The van der Waals surface area contributed by atoms with Gasteiger partial charge in [-0.15, -0.1) is 0 Å². The molecule has 1 aliphatic rings. The molecule has 0 unspecified atom stereocenters. The van der Waals surface area contributed by atoms with Crippen molar-refractivity contribution in [3.63, 3.8) is 0 Å². The maximum absolute atomic E-state index is 12.3. The highest BCUT2D eigenvalue weighted by atomic mass is 19.1. The zero-order valence-electron chi connectivity index (χ0n) is 6.71. The summed E-state index contributed by atoms with van der Waals surface area (Å²) in [5.41, 5.74) is 0.753. The van der Waals surface area contributed by atoms with E-state index in [9.17, 15) is 4.39 Å². The minimum absolute atomic E-state index is 0.0970. The second-order valence-electron chi connectivity index (χ2n) is 2.62. The summed E-state index contributed by atoms with van der Waals surface area (Å²) in [5.74, 6) is 0.867. The maximum atomic E-state index is 12.3. The molecule has 0 radical (unpaired) electrons. The number of nitriles is 1. The minimum Gasteiger partial charge on any atom is -0.454 e. The Balaban J connectivity index is 2.57. The van der Waals surface area contributed by atoms with Crippen LogP contribution in [0.4, 0.5) is 4.39 Å². The monoisotopic (exact) mass is 179 g/mol. The SMILES string of the molecule is N#Cc1cc(CF)cc2c1OCO2. The highest BCUT2D eigenvalue weighted by Gasteiger charge is 2.18. The summed E-state index contributed by atoms with van der Waals surface area (Å²) in [7, 11) is 0. The molecule has 0 fully saturated rings. The van der Waals surface area contributed by atoms with E-state index in [-0.39, 0.29) is 6.79 Å². The molecule has 0 N–H and O–H groups in total. The molecule has 0 amide bonds. The van der Waals surface area contributed by atoms with Crippen LogP contribution >= 0.6 is 0 Å². The van der Waals surface area contributed by atoms with E-state index < -0.39 is 6.67 Å². The lowest BCUT2D eigenvalue weighted by molar-refractivity contribution is 0.173. The van der Waals surface area contributed by atoms with Crippen molar-refractivity contribution in [2.45, 2.75) is 6.67 Å². The first-order valence-electron chi connectivity index (χ1n) is 3.73. The fourth-order valence-electron chi connectivity index (χ4n) is 1.23. The zero-order valence-corrected chi connectivity index (χ0v) is 6.71. The Morgan fingerprint density at radius 2 is 2.31 bits per heavy atom. The van der Waals surface area contributed by atoms with E-state index in [1.165, 1.54) is 6.07 Å². The van der Waals surface area contributed by atoms with Crippen LogP contribution in [0, 0.1) is 11.3 Å². The molecule has 13 heavy (non-hydrogen) atoms. The van der Waals surface area contributed by atoms with E-state index in [0.29, 0.717) is 22.6 Å². The normalized spacial score (nSPS) is 12.6. The molecule has 0 saturated carbocycles. The van der Waals surface area contributed by atoms with Gasteiger partial charge in [-0.2, -0.15) is 5.26 Å². The van der Waals surface area contributed by atoms with Gasteiger partial charge in [0.25, 0.3) is 0 Å². The lowest BCUT2D eigenvalue weighted by Crippen LogP contribution is -1.93. The van der Waals surface area contributed by atoms with Crippen molar-refractivity contribution in [2.75, 3.05) is 6.79 Å². The number of alkyl halides is 1. The summed E-state index contributed by atoms with van der Waals surface area (Å²) in [4.78, 5) is 0. The van der Waals surface area contributed by atoms with Crippen molar-refractivity contribution in [1.29, 1.82) is 5.26 Å². The van der Waals surface area contributed by atoms with Gasteiger partial charge in [-0.3, -0.25) is 0 Å². The van der Waals surface area contributed by atoms with E-state index in [1.807, 2.05) is 6.07 Å². The Kier molecular flexibility index (Phi) is 1.78. The lowest BCUT2D eigenvalue weighted by Gasteiger charge is -2.00. The van der Waals surface area contributed by atoms with Crippen LogP contribution in [0.3, 0.4) is 0 Å². The summed E-state index contributed by atoms with van der Waals surface area (Å²) in [6.07, 6.45) is 0. The third kappa shape index (κ3) is 1.18. The molecule has 1 heterocycles. The fourth-order valence-corrected chi connectivity index (χ4v) is 1.23. The van der Waals surface area contributed by atoms with Crippen LogP contribution < -0.4 is 9.47 Å². The Hall–Kier alpha value is -1.76. The van der Waals surface area contributed by atoms with Gasteiger partial charge in [-0.1, -0.05) is 0 Å². The van der Waals surface area contributed by atoms with Crippen molar-refractivity contribution in [3.8, 4) is 17.6 Å².